The number of aliphatic hydroxyl groups is 1. The van der Waals surface area contributed by atoms with E-state index in [1.54, 1.807) is 12.1 Å². The first kappa shape index (κ1) is 15.9. The van der Waals surface area contributed by atoms with Gasteiger partial charge in [0, 0.05) is 25.6 Å². The number of nitrogens with one attached hydrogen (secondary N) is 2. The molecule has 0 aliphatic carbocycles. The Morgan fingerprint density at radius 2 is 2.26 bits per heavy atom. The van der Waals surface area contributed by atoms with Crippen molar-refractivity contribution in [2.75, 3.05) is 19.6 Å². The summed E-state index contributed by atoms with van der Waals surface area (Å²) < 4.78 is 12.9. The predicted octanol–water partition coefficient (Wildman–Crippen LogP) is 0.486. The van der Waals surface area contributed by atoms with Crippen LogP contribution < -0.4 is 10.6 Å². The van der Waals surface area contributed by atoms with Gasteiger partial charge in [0.15, 0.2) is 0 Å². The normalized spacial score (nSPS) is 21.8. The van der Waals surface area contributed by atoms with Crippen LogP contribution >= 0.6 is 12.4 Å². The lowest BCUT2D eigenvalue weighted by atomic mass is 10.1. The van der Waals surface area contributed by atoms with E-state index in [1.807, 2.05) is 0 Å². The maximum absolute atomic E-state index is 12.9. The molecule has 2 unspecified atom stereocenters. The molecule has 6 heteroatoms. The molecule has 1 aliphatic rings. The van der Waals surface area contributed by atoms with Crippen molar-refractivity contribution in [3.63, 3.8) is 0 Å². The first-order valence-corrected chi connectivity index (χ1v) is 6.05. The van der Waals surface area contributed by atoms with Crippen molar-refractivity contribution in [3.05, 3.63) is 35.6 Å². The summed E-state index contributed by atoms with van der Waals surface area (Å²) in [5.41, 5.74) is 0.651. The zero-order valence-corrected chi connectivity index (χ0v) is 11.3. The molecule has 19 heavy (non-hydrogen) atoms. The Morgan fingerprint density at radius 3 is 2.89 bits per heavy atom. The molecule has 1 aromatic carbocycles. The van der Waals surface area contributed by atoms with Crippen molar-refractivity contribution in [1.29, 1.82) is 0 Å². The molecule has 3 N–H and O–H groups in total. The molecule has 0 spiro atoms. The van der Waals surface area contributed by atoms with Gasteiger partial charge in [0.05, 0.1) is 12.5 Å². The van der Waals surface area contributed by atoms with Crippen molar-refractivity contribution in [1.82, 2.24) is 10.6 Å². The molecular formula is C13H18ClFN2O2. The fourth-order valence-corrected chi connectivity index (χ4v) is 2.07. The van der Waals surface area contributed by atoms with E-state index in [0.29, 0.717) is 25.2 Å². The zero-order valence-electron chi connectivity index (χ0n) is 10.4. The van der Waals surface area contributed by atoms with Gasteiger partial charge >= 0.3 is 0 Å². The molecule has 0 aromatic heterocycles. The Balaban J connectivity index is 0.00000180. The van der Waals surface area contributed by atoms with E-state index < -0.39 is 6.10 Å². The highest BCUT2D eigenvalue weighted by atomic mass is 35.5. The second-order valence-corrected chi connectivity index (χ2v) is 4.60. The molecule has 0 saturated carbocycles. The van der Waals surface area contributed by atoms with Crippen LogP contribution in [0.25, 0.3) is 0 Å². The smallest absolute Gasteiger partial charge is 0.224 e. The van der Waals surface area contributed by atoms with Gasteiger partial charge in [-0.15, -0.1) is 12.4 Å². The largest absolute Gasteiger partial charge is 0.391 e. The van der Waals surface area contributed by atoms with E-state index in [4.69, 9.17) is 0 Å². The number of benzene rings is 1. The first-order chi connectivity index (χ1) is 8.65. The summed E-state index contributed by atoms with van der Waals surface area (Å²) in [5.74, 6) is -0.433. The van der Waals surface area contributed by atoms with Gasteiger partial charge in [0.2, 0.25) is 5.91 Å². The fourth-order valence-electron chi connectivity index (χ4n) is 2.07. The van der Waals surface area contributed by atoms with Crippen molar-refractivity contribution >= 4 is 18.3 Å². The second-order valence-electron chi connectivity index (χ2n) is 4.60. The predicted molar refractivity (Wildman–Crippen MR) is 72.7 cm³/mol. The summed E-state index contributed by atoms with van der Waals surface area (Å²) in [6, 6.07) is 6.00. The molecule has 106 valence electrons. The van der Waals surface area contributed by atoms with Crippen molar-refractivity contribution in [3.8, 4) is 0 Å². The van der Waals surface area contributed by atoms with Gasteiger partial charge in [-0.05, 0) is 17.7 Å². The summed E-state index contributed by atoms with van der Waals surface area (Å²) in [4.78, 5) is 11.7. The highest BCUT2D eigenvalue weighted by Gasteiger charge is 2.24. The van der Waals surface area contributed by atoms with E-state index in [0.717, 1.165) is 0 Å². The number of aliphatic hydroxyl groups excluding tert-OH is 1. The van der Waals surface area contributed by atoms with Gasteiger partial charge in [0.1, 0.15) is 5.82 Å². The van der Waals surface area contributed by atoms with Crippen LogP contribution in [-0.4, -0.2) is 36.8 Å². The molecule has 1 aromatic rings. The van der Waals surface area contributed by atoms with E-state index >= 15 is 0 Å². The van der Waals surface area contributed by atoms with E-state index in [2.05, 4.69) is 10.6 Å². The molecule has 0 radical (unpaired) electrons. The summed E-state index contributed by atoms with van der Waals surface area (Å²) in [5, 5.41) is 15.4. The Kier molecular flexibility index (Phi) is 6.21. The molecule has 2 atom stereocenters. The summed E-state index contributed by atoms with van der Waals surface area (Å²) >= 11 is 0. The highest BCUT2D eigenvalue weighted by molar-refractivity contribution is 5.85. The molecule has 1 aliphatic heterocycles. The van der Waals surface area contributed by atoms with Crippen LogP contribution in [0.3, 0.4) is 0 Å². The number of rotatable bonds is 4. The number of halogens is 2. The first-order valence-electron chi connectivity index (χ1n) is 6.05. The molecule has 0 bridgehead atoms. The summed E-state index contributed by atoms with van der Waals surface area (Å²) in [6.07, 6.45) is -0.243. The fraction of sp³-hybridized carbons (Fsp3) is 0.462. The number of hydrogen-bond donors (Lipinski definition) is 3. The van der Waals surface area contributed by atoms with Crippen molar-refractivity contribution in [2.24, 2.45) is 5.92 Å². The average Bonchev–Trinajstić information content (AvgIpc) is 2.72. The highest BCUT2D eigenvalue weighted by Crippen LogP contribution is 2.08. The molecule has 1 saturated heterocycles. The molecule has 2 rings (SSSR count). The Hall–Kier alpha value is -1.17. The third-order valence-corrected chi connectivity index (χ3v) is 3.12. The number of carbonyl (C=O) groups is 1. The summed E-state index contributed by atoms with van der Waals surface area (Å²) in [6.45, 7) is 1.73. The van der Waals surface area contributed by atoms with Gasteiger partial charge in [-0.1, -0.05) is 12.1 Å². The van der Waals surface area contributed by atoms with Gasteiger partial charge in [0.25, 0.3) is 0 Å². The maximum Gasteiger partial charge on any atom is 0.224 e. The van der Waals surface area contributed by atoms with Crippen LogP contribution in [0.5, 0.6) is 0 Å². The SMILES string of the molecule is Cl.O=C(Cc1cccc(F)c1)NCC1CNCC1O. The Labute approximate surface area is 117 Å². The van der Waals surface area contributed by atoms with Crippen LogP contribution in [0.1, 0.15) is 5.56 Å². The maximum atomic E-state index is 12.9. The number of amides is 1. The Morgan fingerprint density at radius 1 is 1.47 bits per heavy atom. The molecule has 1 amide bonds. The van der Waals surface area contributed by atoms with Crippen LogP contribution in [0.2, 0.25) is 0 Å². The average molecular weight is 289 g/mol. The number of hydrogen-bond acceptors (Lipinski definition) is 3. The van der Waals surface area contributed by atoms with Crippen LogP contribution in [0.15, 0.2) is 24.3 Å². The molecule has 1 fully saturated rings. The standard InChI is InChI=1S/C13H17FN2O2.ClH/c14-11-3-1-2-9(4-11)5-13(18)16-7-10-6-15-8-12(10)17;/h1-4,10,12,15,17H,5-8H2,(H,16,18);1H. The molecule has 4 nitrogen and oxygen atoms in total. The third-order valence-electron chi connectivity index (χ3n) is 3.12. The van der Waals surface area contributed by atoms with Crippen LogP contribution in [-0.2, 0) is 11.2 Å². The molecular weight excluding hydrogens is 271 g/mol. The van der Waals surface area contributed by atoms with Crippen LogP contribution in [0.4, 0.5) is 4.39 Å². The van der Waals surface area contributed by atoms with Crippen LogP contribution in [0, 0.1) is 11.7 Å². The van der Waals surface area contributed by atoms with Gasteiger partial charge in [-0.2, -0.15) is 0 Å². The number of carbonyl (C=O) groups excluding carboxylic acids is 1. The monoisotopic (exact) mass is 288 g/mol. The lowest BCUT2D eigenvalue weighted by molar-refractivity contribution is -0.120. The van der Waals surface area contributed by atoms with Crippen molar-refractivity contribution in [2.45, 2.75) is 12.5 Å². The van der Waals surface area contributed by atoms with Gasteiger partial charge < -0.3 is 15.7 Å². The topological polar surface area (TPSA) is 61.4 Å². The lowest BCUT2D eigenvalue weighted by Crippen LogP contribution is -2.35. The minimum atomic E-state index is -0.403. The number of β-amino-alcohol motifs (C(OH)–C–C–N with tert-alkyl or cyclic N) is 1. The van der Waals surface area contributed by atoms with Crippen molar-refractivity contribution < 1.29 is 14.3 Å². The van der Waals surface area contributed by atoms with Gasteiger partial charge in [-0.25, -0.2) is 4.39 Å². The van der Waals surface area contributed by atoms with Gasteiger partial charge in [-0.3, -0.25) is 4.79 Å². The van der Waals surface area contributed by atoms with E-state index in [9.17, 15) is 14.3 Å². The summed E-state index contributed by atoms with van der Waals surface area (Å²) in [7, 11) is 0. The minimum absolute atomic E-state index is 0. The lowest BCUT2D eigenvalue weighted by Gasteiger charge is -2.14. The molecule has 1 heterocycles. The minimum Gasteiger partial charge on any atom is -0.391 e. The third kappa shape index (κ3) is 4.78. The zero-order chi connectivity index (χ0) is 13.0. The van der Waals surface area contributed by atoms with E-state index in [-0.39, 0.29) is 36.5 Å². The van der Waals surface area contributed by atoms with E-state index in [1.165, 1.54) is 12.1 Å². The second kappa shape index (κ2) is 7.43. The quantitative estimate of drug-likeness (QED) is 0.755. The Bertz CT molecular complexity index is 431.